The van der Waals surface area contributed by atoms with Gasteiger partial charge in [-0.1, -0.05) is 6.07 Å². The summed E-state index contributed by atoms with van der Waals surface area (Å²) in [5, 5.41) is 13.7. The van der Waals surface area contributed by atoms with Crippen molar-refractivity contribution in [1.29, 1.82) is 0 Å². The highest BCUT2D eigenvalue weighted by Crippen LogP contribution is 2.32. The molecule has 1 heterocycles. The molecule has 1 aromatic carbocycles. The Morgan fingerprint density at radius 2 is 2.05 bits per heavy atom. The Labute approximate surface area is 116 Å². The van der Waals surface area contributed by atoms with Crippen molar-refractivity contribution < 1.29 is 23.1 Å². The van der Waals surface area contributed by atoms with Crippen LogP contribution in [0.25, 0.3) is 0 Å². The number of carboxylic acid groups (broad SMARTS) is 1. The quantitative estimate of drug-likeness (QED) is 0.894. The van der Waals surface area contributed by atoms with E-state index in [1.807, 2.05) is 17.5 Å². The van der Waals surface area contributed by atoms with Crippen molar-refractivity contribution in [1.82, 2.24) is 0 Å². The van der Waals surface area contributed by atoms with E-state index in [-0.39, 0.29) is 5.69 Å². The maximum atomic E-state index is 12.6. The predicted octanol–water partition coefficient (Wildman–Crippen LogP) is 4.08. The van der Waals surface area contributed by atoms with Gasteiger partial charge in [-0.15, -0.1) is 11.3 Å². The first-order valence-electron chi connectivity index (χ1n) is 5.58. The molecule has 0 radical (unpaired) electrons. The van der Waals surface area contributed by atoms with E-state index in [4.69, 9.17) is 5.11 Å². The van der Waals surface area contributed by atoms with Crippen LogP contribution in [0.4, 0.5) is 18.9 Å². The molecule has 2 N–H and O–H groups in total. The number of carboxylic acids is 1. The number of aromatic carboxylic acids is 1. The summed E-state index contributed by atoms with van der Waals surface area (Å²) in [6.07, 6.45) is -4.56. The van der Waals surface area contributed by atoms with Gasteiger partial charge in [-0.25, -0.2) is 4.79 Å². The average Bonchev–Trinajstić information content (AvgIpc) is 2.88. The first-order chi connectivity index (χ1) is 9.38. The van der Waals surface area contributed by atoms with E-state index in [2.05, 4.69) is 5.32 Å². The maximum absolute atomic E-state index is 12.6. The molecule has 0 unspecified atom stereocenters. The lowest BCUT2D eigenvalue weighted by Gasteiger charge is -2.12. The molecule has 0 aliphatic rings. The van der Waals surface area contributed by atoms with Gasteiger partial charge in [0.2, 0.25) is 0 Å². The van der Waals surface area contributed by atoms with Crippen LogP contribution in [0.5, 0.6) is 0 Å². The van der Waals surface area contributed by atoms with E-state index >= 15 is 0 Å². The zero-order chi connectivity index (χ0) is 14.8. The van der Waals surface area contributed by atoms with Crippen molar-refractivity contribution in [2.24, 2.45) is 0 Å². The van der Waals surface area contributed by atoms with Crippen LogP contribution in [0.2, 0.25) is 0 Å². The minimum absolute atomic E-state index is 0.166. The summed E-state index contributed by atoms with van der Waals surface area (Å²) in [5.74, 6) is -1.40. The van der Waals surface area contributed by atoms with E-state index in [0.29, 0.717) is 12.6 Å². The number of carbonyl (C=O) groups is 1. The van der Waals surface area contributed by atoms with Crippen molar-refractivity contribution in [3.63, 3.8) is 0 Å². The van der Waals surface area contributed by atoms with Gasteiger partial charge >= 0.3 is 12.1 Å². The van der Waals surface area contributed by atoms with Crippen molar-refractivity contribution in [2.75, 3.05) is 5.32 Å². The van der Waals surface area contributed by atoms with Gasteiger partial charge in [0.05, 0.1) is 11.1 Å². The van der Waals surface area contributed by atoms with Crippen LogP contribution in [0.1, 0.15) is 20.8 Å². The summed E-state index contributed by atoms with van der Waals surface area (Å²) in [5.41, 5.74) is -1.20. The average molecular weight is 301 g/mol. The SMILES string of the molecule is O=C(O)c1cc(C(F)(F)F)ccc1NCc1cccs1. The van der Waals surface area contributed by atoms with Gasteiger partial charge in [0.25, 0.3) is 0 Å². The van der Waals surface area contributed by atoms with E-state index < -0.39 is 23.3 Å². The van der Waals surface area contributed by atoms with Gasteiger partial charge in [0, 0.05) is 17.1 Å². The number of halogens is 3. The zero-order valence-corrected chi connectivity index (χ0v) is 10.9. The smallest absolute Gasteiger partial charge is 0.416 e. The Morgan fingerprint density at radius 1 is 1.30 bits per heavy atom. The van der Waals surface area contributed by atoms with Crippen molar-refractivity contribution in [3.8, 4) is 0 Å². The number of hydrogen-bond donors (Lipinski definition) is 2. The molecule has 0 amide bonds. The minimum Gasteiger partial charge on any atom is -0.478 e. The molecule has 7 heteroatoms. The van der Waals surface area contributed by atoms with Gasteiger partial charge in [-0.3, -0.25) is 0 Å². The van der Waals surface area contributed by atoms with E-state index in [1.165, 1.54) is 11.3 Å². The van der Waals surface area contributed by atoms with Crippen LogP contribution in [-0.2, 0) is 12.7 Å². The number of anilines is 1. The van der Waals surface area contributed by atoms with Crippen LogP contribution in [0.3, 0.4) is 0 Å². The largest absolute Gasteiger partial charge is 0.478 e. The van der Waals surface area contributed by atoms with Crippen LogP contribution in [-0.4, -0.2) is 11.1 Å². The Hall–Kier alpha value is -2.02. The Kier molecular flexibility index (Phi) is 3.99. The molecule has 0 saturated carbocycles. The molecular weight excluding hydrogens is 291 g/mol. The van der Waals surface area contributed by atoms with Gasteiger partial charge in [-0.05, 0) is 29.6 Å². The molecule has 0 aliphatic carbocycles. The number of hydrogen-bond acceptors (Lipinski definition) is 3. The summed E-state index contributed by atoms with van der Waals surface area (Å²) in [6, 6.07) is 6.33. The molecule has 2 rings (SSSR count). The summed E-state index contributed by atoms with van der Waals surface area (Å²) in [4.78, 5) is 12.0. The second-order valence-electron chi connectivity index (χ2n) is 4.00. The first-order valence-corrected chi connectivity index (χ1v) is 6.46. The summed E-state index contributed by atoms with van der Waals surface area (Å²) >= 11 is 1.47. The molecule has 0 aliphatic heterocycles. The second-order valence-corrected chi connectivity index (χ2v) is 5.03. The number of benzene rings is 1. The molecular formula is C13H10F3NO2S. The molecule has 20 heavy (non-hydrogen) atoms. The van der Waals surface area contributed by atoms with Crippen molar-refractivity contribution >= 4 is 23.0 Å². The van der Waals surface area contributed by atoms with Crippen molar-refractivity contribution in [2.45, 2.75) is 12.7 Å². The monoisotopic (exact) mass is 301 g/mol. The zero-order valence-electron chi connectivity index (χ0n) is 10.1. The van der Waals surface area contributed by atoms with Crippen LogP contribution in [0, 0.1) is 0 Å². The summed E-state index contributed by atoms with van der Waals surface area (Å²) in [7, 11) is 0. The molecule has 0 spiro atoms. The highest BCUT2D eigenvalue weighted by atomic mass is 32.1. The number of thiophene rings is 1. The van der Waals surface area contributed by atoms with Gasteiger partial charge < -0.3 is 10.4 Å². The standard InChI is InChI=1S/C13H10F3NO2S/c14-13(15,16)8-3-4-11(10(6-8)12(18)19)17-7-9-2-1-5-20-9/h1-6,17H,7H2,(H,18,19). The summed E-state index contributed by atoms with van der Waals surface area (Å²) < 4.78 is 37.7. The fourth-order valence-electron chi connectivity index (χ4n) is 1.65. The van der Waals surface area contributed by atoms with E-state index in [0.717, 1.165) is 17.0 Å². The fourth-order valence-corrected chi connectivity index (χ4v) is 2.29. The molecule has 3 nitrogen and oxygen atoms in total. The predicted molar refractivity (Wildman–Crippen MR) is 70.0 cm³/mol. The fraction of sp³-hybridized carbons (Fsp3) is 0.154. The van der Waals surface area contributed by atoms with E-state index in [9.17, 15) is 18.0 Å². The number of rotatable bonds is 4. The van der Waals surface area contributed by atoms with Crippen LogP contribution < -0.4 is 5.32 Å². The minimum atomic E-state index is -4.56. The first kappa shape index (κ1) is 14.4. The van der Waals surface area contributed by atoms with Crippen molar-refractivity contribution in [3.05, 3.63) is 51.7 Å². The third kappa shape index (κ3) is 3.30. The van der Waals surface area contributed by atoms with Gasteiger partial charge in [0.15, 0.2) is 0 Å². The van der Waals surface area contributed by atoms with Crippen LogP contribution >= 0.6 is 11.3 Å². The lowest BCUT2D eigenvalue weighted by molar-refractivity contribution is -0.137. The Balaban J connectivity index is 2.26. The third-order valence-corrected chi connectivity index (χ3v) is 3.49. The highest BCUT2D eigenvalue weighted by Gasteiger charge is 2.31. The topological polar surface area (TPSA) is 49.3 Å². The van der Waals surface area contributed by atoms with Crippen LogP contribution in [0.15, 0.2) is 35.7 Å². The second kappa shape index (κ2) is 5.54. The number of alkyl halides is 3. The lowest BCUT2D eigenvalue weighted by atomic mass is 10.1. The molecule has 0 fully saturated rings. The maximum Gasteiger partial charge on any atom is 0.416 e. The lowest BCUT2D eigenvalue weighted by Crippen LogP contribution is -2.10. The molecule has 0 atom stereocenters. The number of nitrogens with one attached hydrogen (secondary N) is 1. The normalized spacial score (nSPS) is 11.3. The van der Waals surface area contributed by atoms with E-state index in [1.54, 1.807) is 0 Å². The summed E-state index contributed by atoms with van der Waals surface area (Å²) in [6.45, 7) is 0.364. The third-order valence-electron chi connectivity index (χ3n) is 2.61. The van der Waals surface area contributed by atoms with Gasteiger partial charge in [0.1, 0.15) is 0 Å². The Bertz CT molecular complexity index is 609. The molecule has 0 bridgehead atoms. The van der Waals surface area contributed by atoms with Gasteiger partial charge in [-0.2, -0.15) is 13.2 Å². The highest BCUT2D eigenvalue weighted by molar-refractivity contribution is 7.09. The molecule has 2 aromatic rings. The Morgan fingerprint density at radius 3 is 2.60 bits per heavy atom. The molecule has 106 valence electrons. The molecule has 0 saturated heterocycles. The molecule has 1 aromatic heterocycles.